The van der Waals surface area contributed by atoms with E-state index in [-0.39, 0.29) is 29.6 Å². The number of hydrogen-bond donors (Lipinski definition) is 1. The van der Waals surface area contributed by atoms with Crippen molar-refractivity contribution in [1.82, 2.24) is 10.2 Å². The summed E-state index contributed by atoms with van der Waals surface area (Å²) in [5, 5.41) is 4.40. The van der Waals surface area contributed by atoms with Gasteiger partial charge in [0.25, 0.3) is 5.91 Å². The normalized spacial score (nSPS) is 26.4. The van der Waals surface area contributed by atoms with Gasteiger partial charge in [0.05, 0.1) is 5.54 Å². The predicted octanol–water partition coefficient (Wildman–Crippen LogP) is 4.41. The second-order valence-corrected chi connectivity index (χ2v) is 9.72. The molecular formula is C23H23Cl2N3O3. The average molecular weight is 460 g/mol. The molecular weight excluding hydrogens is 437 g/mol. The van der Waals surface area contributed by atoms with Gasteiger partial charge in [0.2, 0.25) is 0 Å². The largest absolute Gasteiger partial charge is 0.484 e. The fraction of sp³-hybridized carbons (Fsp3) is 0.391. The summed E-state index contributed by atoms with van der Waals surface area (Å²) in [6, 6.07) is 12.6. The summed E-state index contributed by atoms with van der Waals surface area (Å²) < 4.78 is 5.53. The Hall–Kier alpha value is -2.44. The molecule has 31 heavy (non-hydrogen) atoms. The Morgan fingerprint density at radius 1 is 1.06 bits per heavy atom. The molecule has 1 N–H and O–H groups in total. The fourth-order valence-electron chi connectivity index (χ4n) is 5.29. The Labute approximate surface area is 191 Å². The lowest BCUT2D eigenvalue weighted by Gasteiger charge is -2.72. The van der Waals surface area contributed by atoms with Gasteiger partial charge < -0.3 is 15.0 Å². The Morgan fingerprint density at radius 2 is 1.74 bits per heavy atom. The third-order valence-corrected chi connectivity index (χ3v) is 7.11. The topological polar surface area (TPSA) is 61.9 Å². The summed E-state index contributed by atoms with van der Waals surface area (Å²) in [7, 11) is 0. The molecule has 0 atom stereocenters. The number of hydrogen-bond acceptors (Lipinski definition) is 3. The van der Waals surface area contributed by atoms with Crippen LogP contribution in [0.2, 0.25) is 10.0 Å². The predicted molar refractivity (Wildman–Crippen MR) is 120 cm³/mol. The Kier molecular flexibility index (Phi) is 4.83. The van der Waals surface area contributed by atoms with E-state index in [4.69, 9.17) is 27.9 Å². The van der Waals surface area contributed by atoms with Gasteiger partial charge in [-0.25, -0.2) is 4.79 Å². The standard InChI is InChI=1S/C23H23Cl2N3O3/c1-15-10-17(25)4-7-19(15)27-8-9-28(21(27)30)23-12-22(13-23,14-23)26-20(29)11-31-18-5-2-16(24)3-6-18/h2-7,10H,8-9,11-14H2,1H3,(H,26,29). The molecule has 0 spiro atoms. The minimum atomic E-state index is -0.204. The second kappa shape index (κ2) is 7.31. The lowest BCUT2D eigenvalue weighted by molar-refractivity contribution is -0.165. The van der Waals surface area contributed by atoms with Crippen molar-refractivity contribution < 1.29 is 14.3 Å². The molecule has 0 radical (unpaired) electrons. The van der Waals surface area contributed by atoms with Crippen LogP contribution in [0.25, 0.3) is 0 Å². The maximum atomic E-state index is 13.1. The Bertz CT molecular complexity index is 1040. The summed E-state index contributed by atoms with van der Waals surface area (Å²) in [4.78, 5) is 29.3. The van der Waals surface area contributed by atoms with Crippen LogP contribution in [0.3, 0.4) is 0 Å². The van der Waals surface area contributed by atoms with E-state index >= 15 is 0 Å². The van der Waals surface area contributed by atoms with E-state index in [9.17, 15) is 9.59 Å². The van der Waals surface area contributed by atoms with Crippen molar-refractivity contribution in [3.05, 3.63) is 58.1 Å². The minimum absolute atomic E-state index is 0.0381. The van der Waals surface area contributed by atoms with E-state index < -0.39 is 0 Å². The molecule has 4 aliphatic rings. The highest BCUT2D eigenvalue weighted by Crippen LogP contribution is 2.64. The molecule has 2 bridgehead atoms. The molecule has 0 aromatic heterocycles. The van der Waals surface area contributed by atoms with E-state index in [0.29, 0.717) is 28.9 Å². The first-order valence-electron chi connectivity index (χ1n) is 10.3. The second-order valence-electron chi connectivity index (χ2n) is 8.84. The zero-order valence-corrected chi connectivity index (χ0v) is 18.7. The molecule has 1 heterocycles. The molecule has 3 aliphatic carbocycles. The Morgan fingerprint density at radius 3 is 2.42 bits per heavy atom. The molecule has 2 aromatic carbocycles. The molecule has 6 nitrogen and oxygen atoms in total. The van der Waals surface area contributed by atoms with E-state index in [1.165, 1.54) is 0 Å². The summed E-state index contributed by atoms with van der Waals surface area (Å²) >= 11 is 11.9. The average Bonchev–Trinajstić information content (AvgIpc) is 3.04. The molecule has 1 saturated heterocycles. The van der Waals surface area contributed by atoms with Crippen LogP contribution in [-0.4, -0.2) is 47.6 Å². The van der Waals surface area contributed by atoms with Crippen molar-refractivity contribution in [2.45, 2.75) is 37.3 Å². The van der Waals surface area contributed by atoms with E-state index in [1.807, 2.05) is 34.9 Å². The first-order valence-corrected chi connectivity index (χ1v) is 11.1. The number of nitrogens with one attached hydrogen (secondary N) is 1. The van der Waals surface area contributed by atoms with Gasteiger partial charge in [0.15, 0.2) is 6.61 Å². The number of carbonyl (C=O) groups is 2. The molecule has 8 heteroatoms. The summed E-state index contributed by atoms with van der Waals surface area (Å²) in [5.41, 5.74) is 1.57. The number of benzene rings is 2. The van der Waals surface area contributed by atoms with Gasteiger partial charge in [-0.2, -0.15) is 0 Å². The smallest absolute Gasteiger partial charge is 0.325 e. The third kappa shape index (κ3) is 3.52. The minimum Gasteiger partial charge on any atom is -0.484 e. The first kappa shape index (κ1) is 20.5. The van der Waals surface area contributed by atoms with Crippen LogP contribution in [0.1, 0.15) is 24.8 Å². The van der Waals surface area contributed by atoms with Gasteiger partial charge in [-0.1, -0.05) is 23.2 Å². The van der Waals surface area contributed by atoms with Crippen molar-refractivity contribution in [2.24, 2.45) is 0 Å². The number of amides is 3. The number of carbonyl (C=O) groups excluding carboxylic acids is 2. The molecule has 2 aromatic rings. The van der Waals surface area contributed by atoms with Crippen LogP contribution in [0.5, 0.6) is 5.75 Å². The summed E-state index contributed by atoms with van der Waals surface area (Å²) in [5.74, 6) is 0.461. The zero-order chi connectivity index (χ0) is 21.8. The maximum Gasteiger partial charge on any atom is 0.325 e. The number of halogens is 2. The van der Waals surface area contributed by atoms with E-state index in [2.05, 4.69) is 5.32 Å². The Balaban J connectivity index is 1.15. The van der Waals surface area contributed by atoms with E-state index in [1.54, 1.807) is 24.3 Å². The van der Waals surface area contributed by atoms with Gasteiger partial charge >= 0.3 is 6.03 Å². The number of anilines is 1. The van der Waals surface area contributed by atoms with E-state index in [0.717, 1.165) is 30.5 Å². The monoisotopic (exact) mass is 459 g/mol. The molecule has 1 aliphatic heterocycles. The molecule has 162 valence electrons. The quantitative estimate of drug-likeness (QED) is 0.695. The molecule has 3 amide bonds. The number of ether oxygens (including phenoxy) is 1. The lowest BCUT2D eigenvalue weighted by Crippen LogP contribution is -2.84. The highest BCUT2D eigenvalue weighted by Gasteiger charge is 2.72. The van der Waals surface area contributed by atoms with Crippen molar-refractivity contribution >= 4 is 40.8 Å². The van der Waals surface area contributed by atoms with Crippen LogP contribution in [0, 0.1) is 6.92 Å². The van der Waals surface area contributed by atoms with Gasteiger partial charge in [-0.15, -0.1) is 0 Å². The molecule has 0 unspecified atom stereocenters. The van der Waals surface area contributed by atoms with Crippen molar-refractivity contribution in [3.8, 4) is 5.75 Å². The zero-order valence-electron chi connectivity index (χ0n) is 17.2. The first-order chi connectivity index (χ1) is 14.8. The summed E-state index contributed by atoms with van der Waals surface area (Å²) in [6.07, 6.45) is 2.39. The molecule has 3 saturated carbocycles. The van der Waals surface area contributed by atoms with Crippen molar-refractivity contribution in [1.29, 1.82) is 0 Å². The highest BCUT2D eigenvalue weighted by atomic mass is 35.5. The highest BCUT2D eigenvalue weighted by molar-refractivity contribution is 6.31. The van der Waals surface area contributed by atoms with Gasteiger partial charge in [-0.3, -0.25) is 9.69 Å². The fourth-order valence-corrected chi connectivity index (χ4v) is 5.64. The van der Waals surface area contributed by atoms with Crippen LogP contribution >= 0.6 is 23.2 Å². The van der Waals surface area contributed by atoms with Gasteiger partial charge in [0.1, 0.15) is 5.75 Å². The lowest BCUT2D eigenvalue weighted by atomic mass is 9.43. The third-order valence-electron chi connectivity index (χ3n) is 6.62. The molecule has 4 fully saturated rings. The number of nitrogens with zero attached hydrogens (tertiary/aromatic N) is 2. The van der Waals surface area contributed by atoms with Crippen LogP contribution in [0.15, 0.2) is 42.5 Å². The number of aryl methyl sites for hydroxylation is 1. The van der Waals surface area contributed by atoms with Crippen LogP contribution in [-0.2, 0) is 4.79 Å². The summed E-state index contributed by atoms with van der Waals surface area (Å²) in [6.45, 7) is 3.29. The van der Waals surface area contributed by atoms with Gasteiger partial charge in [0, 0.05) is 34.4 Å². The molecule has 6 rings (SSSR count). The maximum absolute atomic E-state index is 13.1. The number of rotatable bonds is 6. The van der Waals surface area contributed by atoms with Crippen molar-refractivity contribution in [2.75, 3.05) is 24.6 Å². The van der Waals surface area contributed by atoms with Gasteiger partial charge in [-0.05, 0) is 74.2 Å². The number of urea groups is 1. The van der Waals surface area contributed by atoms with Crippen LogP contribution < -0.4 is 15.0 Å². The van der Waals surface area contributed by atoms with Crippen molar-refractivity contribution in [3.63, 3.8) is 0 Å². The van der Waals surface area contributed by atoms with Crippen LogP contribution in [0.4, 0.5) is 10.5 Å². The SMILES string of the molecule is Cc1cc(Cl)ccc1N1CCN(C23CC(NC(=O)COc4ccc(Cl)cc4)(C2)C3)C1=O.